The highest BCUT2D eigenvalue weighted by molar-refractivity contribution is 7.13. The van der Waals surface area contributed by atoms with Gasteiger partial charge >= 0.3 is 0 Å². The minimum atomic E-state index is -0.116. The van der Waals surface area contributed by atoms with Gasteiger partial charge < -0.3 is 20.1 Å². The van der Waals surface area contributed by atoms with Crippen molar-refractivity contribution in [3.63, 3.8) is 0 Å². The van der Waals surface area contributed by atoms with Crippen LogP contribution in [-0.2, 0) is 17.6 Å². The largest absolute Gasteiger partial charge is 0.493 e. The number of thiazole rings is 1. The monoisotopic (exact) mass is 431 g/mol. The topological polar surface area (TPSA) is 72.5 Å². The van der Waals surface area contributed by atoms with Crippen molar-refractivity contribution in [1.29, 1.82) is 0 Å². The number of aromatic nitrogens is 1. The Morgan fingerprint density at radius 3 is 2.59 bits per heavy atom. The maximum atomic E-state index is 12.2. The van der Waals surface area contributed by atoms with Crippen molar-refractivity contribution in [3.8, 4) is 11.5 Å². The van der Waals surface area contributed by atoms with Gasteiger partial charge in [0.05, 0.1) is 26.3 Å². The van der Waals surface area contributed by atoms with Gasteiger partial charge in [-0.1, -0.05) is 17.7 Å². The molecule has 0 aliphatic heterocycles. The zero-order chi connectivity index (χ0) is 20.6. The molecular weight excluding hydrogens is 410 g/mol. The van der Waals surface area contributed by atoms with Crippen LogP contribution in [0.4, 0.5) is 10.8 Å². The molecule has 0 bridgehead atoms. The number of carbonyl (C=O) groups excluding carboxylic acids is 1. The van der Waals surface area contributed by atoms with Crippen molar-refractivity contribution in [2.45, 2.75) is 12.8 Å². The van der Waals surface area contributed by atoms with E-state index in [0.29, 0.717) is 22.2 Å². The number of nitrogens with zero attached hydrogens (tertiary/aromatic N) is 1. The molecule has 3 aromatic rings. The molecule has 0 saturated carbocycles. The standard InChI is InChI=1S/C21H22ClN3O3S/c1-27-18-8-3-14(11-19(18)28-2)9-10-23-21-25-17(13-29-21)12-20(26)24-16-6-4-15(22)5-7-16/h3-8,11,13H,9-10,12H2,1-2H3,(H,23,25)(H,24,26). The predicted octanol–water partition coefficient (Wildman–Crippen LogP) is 4.65. The summed E-state index contributed by atoms with van der Waals surface area (Å²) in [5, 5.41) is 9.45. The number of rotatable bonds is 9. The number of anilines is 2. The van der Waals surface area contributed by atoms with Crippen LogP contribution in [0.2, 0.25) is 5.02 Å². The maximum absolute atomic E-state index is 12.2. The summed E-state index contributed by atoms with van der Waals surface area (Å²) in [5.74, 6) is 1.31. The molecule has 0 unspecified atom stereocenters. The van der Waals surface area contributed by atoms with Crippen LogP contribution >= 0.6 is 22.9 Å². The van der Waals surface area contributed by atoms with Crippen LogP contribution < -0.4 is 20.1 Å². The van der Waals surface area contributed by atoms with E-state index in [1.165, 1.54) is 11.3 Å². The molecule has 152 valence electrons. The van der Waals surface area contributed by atoms with Gasteiger partial charge in [0.25, 0.3) is 0 Å². The van der Waals surface area contributed by atoms with Crippen molar-refractivity contribution in [3.05, 3.63) is 64.1 Å². The number of hydrogen-bond donors (Lipinski definition) is 2. The Labute approximate surface area is 178 Å². The van der Waals surface area contributed by atoms with E-state index < -0.39 is 0 Å². The number of ether oxygens (including phenoxy) is 2. The smallest absolute Gasteiger partial charge is 0.230 e. The summed E-state index contributed by atoms with van der Waals surface area (Å²) in [6.45, 7) is 0.722. The summed E-state index contributed by atoms with van der Waals surface area (Å²) in [6, 6.07) is 12.9. The van der Waals surface area contributed by atoms with E-state index in [9.17, 15) is 4.79 Å². The number of benzene rings is 2. The molecule has 0 aliphatic rings. The molecule has 3 rings (SSSR count). The summed E-state index contributed by atoms with van der Waals surface area (Å²) < 4.78 is 10.6. The Kier molecular flexibility index (Phi) is 7.32. The molecule has 0 spiro atoms. The fourth-order valence-electron chi connectivity index (χ4n) is 2.72. The van der Waals surface area contributed by atoms with Gasteiger partial charge in [0.15, 0.2) is 16.6 Å². The summed E-state index contributed by atoms with van der Waals surface area (Å²) in [7, 11) is 3.24. The van der Waals surface area contributed by atoms with Gasteiger partial charge in [-0.3, -0.25) is 4.79 Å². The normalized spacial score (nSPS) is 10.4. The number of methoxy groups -OCH3 is 2. The number of nitrogens with one attached hydrogen (secondary N) is 2. The molecule has 0 saturated heterocycles. The van der Waals surface area contributed by atoms with Gasteiger partial charge in [0, 0.05) is 22.6 Å². The number of hydrogen-bond acceptors (Lipinski definition) is 6. The summed E-state index contributed by atoms with van der Waals surface area (Å²) in [5.41, 5.74) is 2.58. The first kappa shape index (κ1) is 21.0. The van der Waals surface area contributed by atoms with Gasteiger partial charge in [-0.05, 0) is 48.4 Å². The van der Waals surface area contributed by atoms with Crippen molar-refractivity contribution in [1.82, 2.24) is 4.98 Å². The van der Waals surface area contributed by atoms with E-state index in [1.807, 2.05) is 23.6 Å². The van der Waals surface area contributed by atoms with E-state index in [2.05, 4.69) is 15.6 Å². The fourth-order valence-corrected chi connectivity index (χ4v) is 3.59. The highest BCUT2D eigenvalue weighted by Gasteiger charge is 2.09. The first-order valence-electron chi connectivity index (χ1n) is 9.02. The summed E-state index contributed by atoms with van der Waals surface area (Å²) in [4.78, 5) is 16.6. The zero-order valence-electron chi connectivity index (χ0n) is 16.2. The zero-order valence-corrected chi connectivity index (χ0v) is 17.8. The molecule has 8 heteroatoms. The van der Waals surface area contributed by atoms with Gasteiger partial charge in [-0.2, -0.15) is 0 Å². The molecule has 29 heavy (non-hydrogen) atoms. The third-order valence-corrected chi connectivity index (χ3v) is 5.26. The van der Waals surface area contributed by atoms with Crippen molar-refractivity contribution < 1.29 is 14.3 Å². The van der Waals surface area contributed by atoms with E-state index in [-0.39, 0.29) is 12.3 Å². The predicted molar refractivity (Wildman–Crippen MR) is 118 cm³/mol. The molecule has 1 aromatic heterocycles. The molecule has 0 atom stereocenters. The second-order valence-corrected chi connectivity index (χ2v) is 7.54. The minimum Gasteiger partial charge on any atom is -0.493 e. The second-order valence-electron chi connectivity index (χ2n) is 6.24. The van der Waals surface area contributed by atoms with E-state index >= 15 is 0 Å². The van der Waals surface area contributed by atoms with Crippen LogP contribution in [0.1, 0.15) is 11.3 Å². The van der Waals surface area contributed by atoms with Gasteiger partial charge in [0.1, 0.15) is 0 Å². The molecule has 6 nitrogen and oxygen atoms in total. The SMILES string of the molecule is COc1ccc(CCNc2nc(CC(=O)Nc3ccc(Cl)cc3)cs2)cc1OC. The molecule has 1 heterocycles. The van der Waals surface area contributed by atoms with E-state index in [0.717, 1.165) is 29.4 Å². The molecule has 2 N–H and O–H groups in total. The van der Waals surface area contributed by atoms with E-state index in [1.54, 1.807) is 38.5 Å². The Morgan fingerprint density at radius 1 is 1.10 bits per heavy atom. The van der Waals surface area contributed by atoms with Crippen LogP contribution in [0, 0.1) is 0 Å². The number of amides is 1. The average Bonchev–Trinajstić information content (AvgIpc) is 3.16. The minimum absolute atomic E-state index is 0.116. The molecule has 2 aromatic carbocycles. The first-order chi connectivity index (χ1) is 14.1. The van der Waals surface area contributed by atoms with Crippen molar-refractivity contribution in [2.24, 2.45) is 0 Å². The fraction of sp³-hybridized carbons (Fsp3) is 0.238. The lowest BCUT2D eigenvalue weighted by atomic mass is 10.1. The van der Waals surface area contributed by atoms with Crippen LogP contribution in [-0.4, -0.2) is 31.7 Å². The molecule has 0 aliphatic carbocycles. The van der Waals surface area contributed by atoms with Crippen LogP contribution in [0.5, 0.6) is 11.5 Å². The lowest BCUT2D eigenvalue weighted by Crippen LogP contribution is -2.14. The lowest BCUT2D eigenvalue weighted by molar-refractivity contribution is -0.115. The quantitative estimate of drug-likeness (QED) is 0.516. The highest BCUT2D eigenvalue weighted by Crippen LogP contribution is 2.27. The molecule has 1 amide bonds. The van der Waals surface area contributed by atoms with Crippen LogP contribution in [0.15, 0.2) is 47.8 Å². The third kappa shape index (κ3) is 6.10. The Balaban J connectivity index is 1.47. The van der Waals surface area contributed by atoms with Gasteiger partial charge in [0.2, 0.25) is 5.91 Å². The average molecular weight is 432 g/mol. The Morgan fingerprint density at radius 2 is 1.86 bits per heavy atom. The third-order valence-electron chi connectivity index (χ3n) is 4.16. The van der Waals surface area contributed by atoms with Crippen molar-refractivity contribution >= 4 is 39.7 Å². The molecule has 0 fully saturated rings. The van der Waals surface area contributed by atoms with Crippen molar-refractivity contribution in [2.75, 3.05) is 31.4 Å². The van der Waals surface area contributed by atoms with E-state index in [4.69, 9.17) is 21.1 Å². The first-order valence-corrected chi connectivity index (χ1v) is 10.3. The maximum Gasteiger partial charge on any atom is 0.230 e. The number of carbonyl (C=O) groups is 1. The second kappa shape index (κ2) is 10.1. The molecular formula is C21H22ClN3O3S. The Bertz CT molecular complexity index is 960. The highest BCUT2D eigenvalue weighted by atomic mass is 35.5. The Hall–Kier alpha value is -2.77. The van der Waals surface area contributed by atoms with Crippen LogP contribution in [0.25, 0.3) is 0 Å². The number of halogens is 1. The summed E-state index contributed by atoms with van der Waals surface area (Å²) >= 11 is 7.33. The van der Waals surface area contributed by atoms with Crippen LogP contribution in [0.3, 0.4) is 0 Å². The lowest BCUT2D eigenvalue weighted by Gasteiger charge is -2.09. The van der Waals surface area contributed by atoms with Gasteiger partial charge in [-0.15, -0.1) is 11.3 Å². The molecule has 0 radical (unpaired) electrons. The summed E-state index contributed by atoms with van der Waals surface area (Å²) in [6.07, 6.45) is 1.03. The van der Waals surface area contributed by atoms with Gasteiger partial charge in [-0.25, -0.2) is 4.98 Å².